The smallest absolute Gasteiger partial charge is 0.279 e. The quantitative estimate of drug-likeness (QED) is 0.266. The molecule has 3 aromatic heterocycles. The van der Waals surface area contributed by atoms with E-state index in [4.69, 9.17) is 0 Å². The fraction of sp³-hybridized carbons (Fsp3) is 0.261. The molecule has 15 heteroatoms. The molecule has 5 rings (SSSR count). The predicted octanol–water partition coefficient (Wildman–Crippen LogP) is 5.13. The standard InChI is InChI=1S/C23H23F2N3O6S4/c24-22(25)19-14-18-17(8-11-26-23(18)28(19)38(33,34)16-4-2-1-3-5-16)20-6-7-21(35-20)37(31,32)27-15-9-12-36(29,30)13-10-15/h1-8,11,14-15,22,27,29-30H,9-10,12-13H2. The lowest BCUT2D eigenvalue weighted by molar-refractivity contribution is 0.145. The highest BCUT2D eigenvalue weighted by molar-refractivity contribution is 8.24. The molecule has 0 bridgehead atoms. The molecule has 1 aliphatic rings. The summed E-state index contributed by atoms with van der Waals surface area (Å²) in [6.45, 7) is 0. The molecule has 4 heterocycles. The summed E-state index contributed by atoms with van der Waals surface area (Å²) in [7, 11) is -11.0. The molecule has 204 valence electrons. The Labute approximate surface area is 223 Å². The van der Waals surface area contributed by atoms with Gasteiger partial charge in [-0.1, -0.05) is 18.2 Å². The van der Waals surface area contributed by atoms with Gasteiger partial charge in [-0.25, -0.2) is 39.3 Å². The van der Waals surface area contributed by atoms with E-state index in [1.54, 1.807) is 6.07 Å². The maximum absolute atomic E-state index is 14.0. The number of halogens is 2. The van der Waals surface area contributed by atoms with Crippen molar-refractivity contribution in [1.29, 1.82) is 0 Å². The van der Waals surface area contributed by atoms with Gasteiger partial charge in [0.15, 0.2) is 5.65 Å². The molecule has 1 aromatic carbocycles. The average Bonchev–Trinajstić information content (AvgIpc) is 3.52. The van der Waals surface area contributed by atoms with Crippen molar-refractivity contribution in [2.24, 2.45) is 0 Å². The molecule has 0 amide bonds. The normalized spacial score (nSPS) is 17.7. The summed E-state index contributed by atoms with van der Waals surface area (Å²) in [5, 5.41) is 0.138. The van der Waals surface area contributed by atoms with Gasteiger partial charge in [0.1, 0.15) is 9.90 Å². The van der Waals surface area contributed by atoms with Crippen LogP contribution in [-0.2, 0) is 20.0 Å². The molecule has 1 fully saturated rings. The number of alkyl halides is 2. The van der Waals surface area contributed by atoms with Gasteiger partial charge in [0.2, 0.25) is 10.0 Å². The van der Waals surface area contributed by atoms with Crippen molar-refractivity contribution in [3.8, 4) is 10.4 Å². The number of aromatic nitrogens is 2. The Morgan fingerprint density at radius 2 is 1.71 bits per heavy atom. The summed E-state index contributed by atoms with van der Waals surface area (Å²) in [5.41, 5.74) is -0.589. The highest BCUT2D eigenvalue weighted by Gasteiger charge is 2.31. The minimum absolute atomic E-state index is 0.0138. The molecule has 0 atom stereocenters. The van der Waals surface area contributed by atoms with Gasteiger partial charge in [0, 0.05) is 39.6 Å². The summed E-state index contributed by atoms with van der Waals surface area (Å²) < 4.78 is 103. The van der Waals surface area contributed by atoms with Gasteiger partial charge in [0.25, 0.3) is 16.4 Å². The maximum atomic E-state index is 14.0. The first-order valence-corrected chi connectivity index (χ1v) is 17.0. The Kier molecular flexibility index (Phi) is 7.13. The fourth-order valence-electron chi connectivity index (χ4n) is 4.33. The van der Waals surface area contributed by atoms with E-state index >= 15 is 0 Å². The Bertz CT molecular complexity index is 1690. The zero-order valence-corrected chi connectivity index (χ0v) is 22.8. The van der Waals surface area contributed by atoms with Crippen LogP contribution in [0.1, 0.15) is 25.0 Å². The van der Waals surface area contributed by atoms with E-state index in [0.29, 0.717) is 27.3 Å². The van der Waals surface area contributed by atoms with E-state index in [0.717, 1.165) is 17.4 Å². The van der Waals surface area contributed by atoms with Crippen LogP contribution in [0.15, 0.2) is 69.9 Å². The van der Waals surface area contributed by atoms with Crippen LogP contribution in [0.4, 0.5) is 8.78 Å². The zero-order valence-electron chi connectivity index (χ0n) is 19.6. The third-order valence-corrected chi connectivity index (χ3v) is 12.9. The number of pyridine rings is 1. The molecule has 0 aliphatic carbocycles. The van der Waals surface area contributed by atoms with E-state index < -0.39 is 48.8 Å². The molecule has 1 saturated heterocycles. The van der Waals surface area contributed by atoms with Gasteiger partial charge < -0.3 is 0 Å². The molecule has 9 nitrogen and oxygen atoms in total. The van der Waals surface area contributed by atoms with E-state index in [1.165, 1.54) is 48.7 Å². The Hall–Kier alpha value is -2.40. The van der Waals surface area contributed by atoms with Crippen molar-refractivity contribution < 1.29 is 34.7 Å². The Morgan fingerprint density at radius 1 is 1.03 bits per heavy atom. The van der Waals surface area contributed by atoms with Crippen LogP contribution in [0.25, 0.3) is 21.5 Å². The van der Waals surface area contributed by atoms with Crippen molar-refractivity contribution >= 4 is 53.0 Å². The first-order chi connectivity index (χ1) is 17.9. The fourth-order valence-corrected chi connectivity index (χ4v) is 10.0. The van der Waals surface area contributed by atoms with Crippen LogP contribution < -0.4 is 4.72 Å². The topological polar surface area (TPSA) is 139 Å². The summed E-state index contributed by atoms with van der Waals surface area (Å²) in [6, 6.07) is 12.2. The van der Waals surface area contributed by atoms with Crippen LogP contribution in [0.3, 0.4) is 0 Å². The molecule has 38 heavy (non-hydrogen) atoms. The van der Waals surface area contributed by atoms with Crippen molar-refractivity contribution in [3.63, 3.8) is 0 Å². The first-order valence-electron chi connectivity index (χ1n) is 11.3. The number of rotatable bonds is 7. The Balaban J connectivity index is 1.54. The van der Waals surface area contributed by atoms with Crippen LogP contribution in [0.5, 0.6) is 0 Å². The lowest BCUT2D eigenvalue weighted by Gasteiger charge is -2.39. The molecule has 0 unspecified atom stereocenters. The van der Waals surface area contributed by atoms with Gasteiger partial charge >= 0.3 is 0 Å². The van der Waals surface area contributed by atoms with Gasteiger partial charge in [-0.3, -0.25) is 9.11 Å². The third-order valence-electron chi connectivity index (χ3n) is 6.21. The number of benzene rings is 1. The van der Waals surface area contributed by atoms with Gasteiger partial charge in [0.05, 0.1) is 4.90 Å². The van der Waals surface area contributed by atoms with Crippen LogP contribution in [0, 0.1) is 0 Å². The second kappa shape index (κ2) is 9.97. The maximum Gasteiger partial charge on any atom is 0.279 e. The van der Waals surface area contributed by atoms with Crippen LogP contribution >= 0.6 is 21.9 Å². The summed E-state index contributed by atoms with van der Waals surface area (Å²) in [6.07, 6.45) is -1.24. The molecular formula is C23H23F2N3O6S4. The molecule has 4 aromatic rings. The number of nitrogens with one attached hydrogen (secondary N) is 1. The minimum Gasteiger partial charge on any atom is -0.299 e. The first kappa shape index (κ1) is 27.2. The van der Waals surface area contributed by atoms with E-state index in [1.807, 2.05) is 0 Å². The summed E-state index contributed by atoms with van der Waals surface area (Å²) >= 11 is 0.906. The number of thiophene rings is 1. The van der Waals surface area contributed by atoms with Gasteiger partial charge in [-0.05, 0) is 49.2 Å². The van der Waals surface area contributed by atoms with E-state index in [9.17, 15) is 34.7 Å². The molecule has 0 saturated carbocycles. The van der Waals surface area contributed by atoms with E-state index in [-0.39, 0.29) is 31.6 Å². The van der Waals surface area contributed by atoms with Crippen LogP contribution in [-0.4, -0.2) is 52.4 Å². The second-order valence-electron chi connectivity index (χ2n) is 8.77. The van der Waals surface area contributed by atoms with Gasteiger partial charge in [-0.15, -0.1) is 11.3 Å². The summed E-state index contributed by atoms with van der Waals surface area (Å²) in [5.74, 6) is 0.250. The van der Waals surface area contributed by atoms with Crippen molar-refractivity contribution in [2.75, 3.05) is 11.5 Å². The molecule has 0 radical (unpaired) electrons. The SMILES string of the molecule is O=S(=O)(NC1CCS(O)(O)CC1)c1ccc(-c2ccnc3c2cc(C(F)F)n3S(=O)(=O)c2ccccc2)s1. The number of hydrogen-bond donors (Lipinski definition) is 3. The largest absolute Gasteiger partial charge is 0.299 e. The molecule has 1 aliphatic heterocycles. The number of hydrogen-bond acceptors (Lipinski definition) is 8. The number of sulfonamides is 1. The lowest BCUT2D eigenvalue weighted by Crippen LogP contribution is -2.39. The lowest BCUT2D eigenvalue weighted by atomic mass is 10.1. The van der Waals surface area contributed by atoms with Crippen molar-refractivity contribution in [2.45, 2.75) is 34.4 Å². The van der Waals surface area contributed by atoms with Crippen molar-refractivity contribution in [1.82, 2.24) is 13.7 Å². The molecular weight excluding hydrogens is 581 g/mol. The Morgan fingerprint density at radius 3 is 2.37 bits per heavy atom. The third kappa shape index (κ3) is 5.11. The van der Waals surface area contributed by atoms with Crippen LogP contribution in [0.2, 0.25) is 0 Å². The van der Waals surface area contributed by atoms with E-state index in [2.05, 4.69) is 9.71 Å². The highest BCUT2D eigenvalue weighted by Crippen LogP contribution is 2.44. The predicted molar refractivity (Wildman–Crippen MR) is 143 cm³/mol. The average molecular weight is 604 g/mol. The minimum atomic E-state index is -4.40. The summed E-state index contributed by atoms with van der Waals surface area (Å²) in [4.78, 5) is 4.34. The number of nitrogens with zero attached hydrogens (tertiary/aromatic N) is 2. The highest BCUT2D eigenvalue weighted by atomic mass is 32.3. The van der Waals surface area contributed by atoms with Gasteiger partial charge in [-0.2, -0.15) is 10.6 Å². The molecule has 0 spiro atoms. The molecule has 3 N–H and O–H groups in total. The monoisotopic (exact) mass is 603 g/mol. The second-order valence-corrected chi connectivity index (χ2v) is 16.0. The zero-order chi connectivity index (χ0) is 27.3. The van der Waals surface area contributed by atoms with Crippen molar-refractivity contribution in [3.05, 3.63) is 66.5 Å². The number of fused-ring (bicyclic) bond motifs is 1.